The second-order valence-corrected chi connectivity index (χ2v) is 7.97. The van der Waals surface area contributed by atoms with Crippen LogP contribution >= 0.6 is 0 Å². The summed E-state index contributed by atoms with van der Waals surface area (Å²) in [4.78, 5) is 17.0. The van der Waals surface area contributed by atoms with Crippen molar-refractivity contribution in [1.29, 1.82) is 0 Å². The van der Waals surface area contributed by atoms with Gasteiger partial charge in [0.2, 0.25) is 5.91 Å². The van der Waals surface area contributed by atoms with Crippen molar-refractivity contribution in [1.82, 2.24) is 14.9 Å². The Balaban J connectivity index is 1.33. The Bertz CT molecular complexity index is 1230. The molecule has 0 fully saturated rings. The van der Waals surface area contributed by atoms with Crippen LogP contribution < -0.4 is 10.1 Å². The van der Waals surface area contributed by atoms with Crippen molar-refractivity contribution < 1.29 is 9.53 Å². The number of imidazole rings is 1. The van der Waals surface area contributed by atoms with Gasteiger partial charge < -0.3 is 14.6 Å². The van der Waals surface area contributed by atoms with Gasteiger partial charge in [-0.25, -0.2) is 4.98 Å². The fourth-order valence-corrected chi connectivity index (χ4v) is 3.78. The number of carbonyl (C=O) groups is 1. The minimum Gasteiger partial charge on any atom is -0.494 e. The molecule has 0 aliphatic heterocycles. The number of para-hydroxylation sites is 2. The van der Waals surface area contributed by atoms with E-state index in [1.807, 2.05) is 72.8 Å². The van der Waals surface area contributed by atoms with Gasteiger partial charge in [-0.2, -0.15) is 0 Å². The van der Waals surface area contributed by atoms with Gasteiger partial charge >= 0.3 is 0 Å². The van der Waals surface area contributed by atoms with Crippen molar-refractivity contribution in [2.75, 3.05) is 13.2 Å². The molecule has 0 aliphatic rings. The van der Waals surface area contributed by atoms with Crippen LogP contribution in [0.2, 0.25) is 0 Å². The molecule has 1 aromatic heterocycles. The Morgan fingerprint density at radius 3 is 2.70 bits per heavy atom. The molecule has 33 heavy (non-hydrogen) atoms. The van der Waals surface area contributed by atoms with Crippen LogP contribution in [0.5, 0.6) is 5.75 Å². The van der Waals surface area contributed by atoms with Crippen LogP contribution in [-0.4, -0.2) is 28.6 Å². The van der Waals surface area contributed by atoms with Crippen LogP contribution in [0.1, 0.15) is 23.4 Å². The molecular formula is C28H29N3O2. The summed E-state index contributed by atoms with van der Waals surface area (Å²) in [5.74, 6) is 1.77. The quantitative estimate of drug-likeness (QED) is 0.273. The number of nitrogens with zero attached hydrogens (tertiary/aromatic N) is 2. The third kappa shape index (κ3) is 6.32. The number of nitrogens with one attached hydrogen (secondary N) is 1. The van der Waals surface area contributed by atoms with E-state index >= 15 is 0 Å². The molecule has 4 rings (SSSR count). The van der Waals surface area contributed by atoms with E-state index in [4.69, 9.17) is 9.72 Å². The first-order chi connectivity index (χ1) is 16.2. The fraction of sp³-hybridized carbons (Fsp3) is 0.214. The standard InChI is InChI=1S/C28H29N3O2/c1-22-9-7-12-24(21-22)33-20-8-19-31-26-14-6-5-13-25(26)30-27(31)17-18-29-28(32)16-15-23-10-3-2-4-11-23/h2-7,9-16,21H,8,17-20H2,1H3,(H,29,32)/b16-15+. The predicted molar refractivity (Wildman–Crippen MR) is 133 cm³/mol. The fourth-order valence-electron chi connectivity index (χ4n) is 3.78. The second kappa shape index (κ2) is 11.1. The largest absolute Gasteiger partial charge is 0.494 e. The van der Waals surface area contributed by atoms with Gasteiger partial charge in [-0.05, 0) is 54.8 Å². The molecular weight excluding hydrogens is 410 g/mol. The highest BCUT2D eigenvalue weighted by molar-refractivity contribution is 5.91. The van der Waals surface area contributed by atoms with Crippen molar-refractivity contribution >= 4 is 23.0 Å². The summed E-state index contributed by atoms with van der Waals surface area (Å²) >= 11 is 0. The van der Waals surface area contributed by atoms with Crippen molar-refractivity contribution in [3.63, 3.8) is 0 Å². The highest BCUT2D eigenvalue weighted by atomic mass is 16.5. The molecule has 0 saturated carbocycles. The number of aromatic nitrogens is 2. The van der Waals surface area contributed by atoms with Crippen LogP contribution in [0, 0.1) is 6.92 Å². The van der Waals surface area contributed by atoms with Crippen LogP contribution in [-0.2, 0) is 17.8 Å². The molecule has 1 amide bonds. The first-order valence-corrected chi connectivity index (χ1v) is 11.3. The van der Waals surface area contributed by atoms with Crippen molar-refractivity contribution in [3.05, 3.63) is 102 Å². The molecule has 3 aromatic carbocycles. The molecule has 4 aromatic rings. The first kappa shape index (κ1) is 22.3. The second-order valence-electron chi connectivity index (χ2n) is 7.97. The van der Waals surface area contributed by atoms with Crippen molar-refractivity contribution in [3.8, 4) is 5.75 Å². The maximum atomic E-state index is 12.2. The van der Waals surface area contributed by atoms with E-state index in [1.54, 1.807) is 6.08 Å². The number of fused-ring (bicyclic) bond motifs is 1. The average Bonchev–Trinajstić information content (AvgIpc) is 3.18. The lowest BCUT2D eigenvalue weighted by Crippen LogP contribution is -2.24. The summed E-state index contributed by atoms with van der Waals surface area (Å²) in [7, 11) is 0. The first-order valence-electron chi connectivity index (χ1n) is 11.3. The Kier molecular flexibility index (Phi) is 7.54. The van der Waals surface area contributed by atoms with Crippen molar-refractivity contribution in [2.24, 2.45) is 0 Å². The summed E-state index contributed by atoms with van der Waals surface area (Å²) in [6.07, 6.45) is 4.92. The van der Waals surface area contributed by atoms with Gasteiger partial charge in [-0.3, -0.25) is 4.79 Å². The maximum absolute atomic E-state index is 12.2. The van der Waals surface area contributed by atoms with Gasteiger partial charge in [0.1, 0.15) is 11.6 Å². The van der Waals surface area contributed by atoms with E-state index in [0.29, 0.717) is 19.6 Å². The highest BCUT2D eigenvalue weighted by Crippen LogP contribution is 2.18. The summed E-state index contributed by atoms with van der Waals surface area (Å²) < 4.78 is 8.15. The smallest absolute Gasteiger partial charge is 0.244 e. The summed E-state index contributed by atoms with van der Waals surface area (Å²) in [5, 5.41) is 2.96. The number of ether oxygens (including phenoxy) is 1. The maximum Gasteiger partial charge on any atom is 0.244 e. The normalized spacial score (nSPS) is 11.2. The van der Waals surface area contributed by atoms with Gasteiger partial charge in [-0.15, -0.1) is 0 Å². The van der Waals surface area contributed by atoms with E-state index in [1.165, 1.54) is 5.56 Å². The molecule has 5 nitrogen and oxygen atoms in total. The SMILES string of the molecule is Cc1cccc(OCCCn2c(CCNC(=O)/C=C/c3ccccc3)nc3ccccc32)c1. The Hall–Kier alpha value is -3.86. The number of rotatable bonds is 10. The van der Waals surface area contributed by atoms with E-state index in [-0.39, 0.29) is 5.91 Å². The topological polar surface area (TPSA) is 56.1 Å². The summed E-state index contributed by atoms with van der Waals surface area (Å²) in [6, 6.07) is 26.1. The highest BCUT2D eigenvalue weighted by Gasteiger charge is 2.10. The Labute approximate surface area is 194 Å². The van der Waals surface area contributed by atoms with Crippen LogP contribution in [0.4, 0.5) is 0 Å². The van der Waals surface area contributed by atoms with E-state index in [2.05, 4.69) is 28.9 Å². The molecule has 1 N–H and O–H groups in total. The lowest BCUT2D eigenvalue weighted by molar-refractivity contribution is -0.116. The molecule has 0 aliphatic carbocycles. The molecule has 0 radical (unpaired) electrons. The zero-order valence-corrected chi connectivity index (χ0v) is 18.9. The number of benzene rings is 3. The van der Waals surface area contributed by atoms with E-state index < -0.39 is 0 Å². The minimum atomic E-state index is -0.104. The molecule has 0 spiro atoms. The van der Waals surface area contributed by atoms with Crippen LogP contribution in [0.3, 0.4) is 0 Å². The molecule has 5 heteroatoms. The molecule has 0 unspecified atom stereocenters. The van der Waals surface area contributed by atoms with Crippen LogP contribution in [0.25, 0.3) is 17.1 Å². The van der Waals surface area contributed by atoms with Gasteiger partial charge in [-0.1, -0.05) is 54.6 Å². The monoisotopic (exact) mass is 439 g/mol. The zero-order valence-electron chi connectivity index (χ0n) is 18.9. The molecule has 0 bridgehead atoms. The van der Waals surface area contributed by atoms with E-state index in [0.717, 1.165) is 41.1 Å². The third-order valence-corrected chi connectivity index (χ3v) is 5.39. The Morgan fingerprint density at radius 2 is 1.85 bits per heavy atom. The van der Waals surface area contributed by atoms with Gasteiger partial charge in [0.05, 0.1) is 17.6 Å². The number of hydrogen-bond acceptors (Lipinski definition) is 3. The third-order valence-electron chi connectivity index (χ3n) is 5.39. The number of carbonyl (C=O) groups excluding carboxylic acids is 1. The summed E-state index contributed by atoms with van der Waals surface area (Å²) in [6.45, 7) is 4.04. The number of aryl methyl sites for hydroxylation is 2. The minimum absolute atomic E-state index is 0.104. The summed E-state index contributed by atoms with van der Waals surface area (Å²) in [5.41, 5.74) is 4.28. The predicted octanol–water partition coefficient (Wildman–Crippen LogP) is 5.19. The molecule has 0 atom stereocenters. The molecule has 0 saturated heterocycles. The lowest BCUT2D eigenvalue weighted by Gasteiger charge is -2.11. The lowest BCUT2D eigenvalue weighted by atomic mass is 10.2. The van der Waals surface area contributed by atoms with Crippen molar-refractivity contribution in [2.45, 2.75) is 26.3 Å². The van der Waals surface area contributed by atoms with Gasteiger partial charge in [0.25, 0.3) is 0 Å². The zero-order chi connectivity index (χ0) is 22.9. The molecule has 1 heterocycles. The average molecular weight is 440 g/mol. The Morgan fingerprint density at radius 1 is 1.03 bits per heavy atom. The van der Waals surface area contributed by atoms with E-state index in [9.17, 15) is 4.79 Å². The van der Waals surface area contributed by atoms with Gasteiger partial charge in [0, 0.05) is 25.6 Å². The number of amides is 1. The number of hydrogen-bond donors (Lipinski definition) is 1. The van der Waals surface area contributed by atoms with Gasteiger partial charge in [0.15, 0.2) is 0 Å². The van der Waals surface area contributed by atoms with Crippen LogP contribution in [0.15, 0.2) is 84.9 Å². The molecule has 168 valence electrons.